The molecule has 4 rings (SSSR count). The summed E-state index contributed by atoms with van der Waals surface area (Å²) >= 11 is 6.28. The summed E-state index contributed by atoms with van der Waals surface area (Å²) in [5.41, 5.74) is -2.34. The Morgan fingerprint density at radius 2 is 1.72 bits per heavy atom. The lowest BCUT2D eigenvalue weighted by molar-refractivity contribution is -0.262. The molecule has 0 radical (unpaired) electrons. The van der Waals surface area contributed by atoms with E-state index in [1.807, 2.05) is 0 Å². The number of hydrogen-bond donors (Lipinski definition) is 1. The molecule has 0 spiro atoms. The van der Waals surface area contributed by atoms with Crippen LogP contribution in [0.4, 0.5) is 19.0 Å². The van der Waals surface area contributed by atoms with Crippen LogP contribution in [0, 0.1) is 11.3 Å². The van der Waals surface area contributed by atoms with E-state index >= 15 is 0 Å². The number of nitriles is 1. The van der Waals surface area contributed by atoms with Crippen molar-refractivity contribution in [2.24, 2.45) is 0 Å². The number of aliphatic hydroxyl groups is 1. The predicted molar refractivity (Wildman–Crippen MR) is 139 cm³/mol. The van der Waals surface area contributed by atoms with Crippen molar-refractivity contribution in [1.29, 1.82) is 5.26 Å². The van der Waals surface area contributed by atoms with Crippen LogP contribution in [0.5, 0.6) is 0 Å². The standard InChI is InChI=1S/C28H24ClF3N4O3/c1-2-24(37)22-9-8-18(15-23(22)29)20-14-19(16-33)25(34-17-20)35-10-12-36(13-11-35)26(38)27(39,28(30,31)32)21-6-4-3-5-7-21/h3-9,14-15,17,39H,2,10-13H2,1H3/t27-/m1/s1. The first-order valence-electron chi connectivity index (χ1n) is 12.1. The van der Waals surface area contributed by atoms with Crippen LogP contribution in [0.2, 0.25) is 5.02 Å². The van der Waals surface area contributed by atoms with Gasteiger partial charge in [-0.1, -0.05) is 54.9 Å². The average Bonchev–Trinajstić information content (AvgIpc) is 2.95. The molecular weight excluding hydrogens is 533 g/mol. The summed E-state index contributed by atoms with van der Waals surface area (Å²) in [5, 5.41) is 20.7. The van der Waals surface area contributed by atoms with Gasteiger partial charge in [-0.3, -0.25) is 9.59 Å². The normalized spacial score (nSPS) is 15.4. The van der Waals surface area contributed by atoms with Gasteiger partial charge in [-0.15, -0.1) is 0 Å². The number of benzene rings is 2. The Labute approximate surface area is 228 Å². The van der Waals surface area contributed by atoms with Gasteiger partial charge in [-0.25, -0.2) is 4.98 Å². The lowest BCUT2D eigenvalue weighted by atomic mass is 9.91. The van der Waals surface area contributed by atoms with E-state index in [4.69, 9.17) is 11.6 Å². The largest absolute Gasteiger partial charge is 0.430 e. The highest BCUT2D eigenvalue weighted by Crippen LogP contribution is 2.41. The third kappa shape index (κ3) is 5.33. The molecule has 1 atom stereocenters. The van der Waals surface area contributed by atoms with Crippen LogP contribution in [0.1, 0.15) is 34.8 Å². The number of Topliss-reactive ketones (excluding diaryl/α,β-unsaturated/α-hetero) is 1. The first-order valence-corrected chi connectivity index (χ1v) is 12.5. The first kappa shape index (κ1) is 28.1. The molecule has 1 aliphatic heterocycles. The molecule has 1 aromatic heterocycles. The summed E-state index contributed by atoms with van der Waals surface area (Å²) in [5.74, 6) is -1.22. The number of hydrogen-bond acceptors (Lipinski definition) is 6. The van der Waals surface area contributed by atoms with Gasteiger partial charge >= 0.3 is 6.18 Å². The maximum atomic E-state index is 13.9. The van der Waals surface area contributed by atoms with Gasteiger partial charge in [0.2, 0.25) is 0 Å². The van der Waals surface area contributed by atoms with Gasteiger partial charge in [0.05, 0.1) is 10.6 Å². The Bertz CT molecular complexity index is 1430. The molecule has 202 valence electrons. The minimum absolute atomic E-state index is 0.0900. The molecule has 0 unspecified atom stereocenters. The fourth-order valence-corrected chi connectivity index (χ4v) is 4.78. The monoisotopic (exact) mass is 556 g/mol. The third-order valence-electron chi connectivity index (χ3n) is 6.69. The van der Waals surface area contributed by atoms with E-state index in [1.54, 1.807) is 42.3 Å². The number of rotatable bonds is 6. The van der Waals surface area contributed by atoms with Crippen LogP contribution in [-0.4, -0.2) is 59.0 Å². The van der Waals surface area contributed by atoms with Crippen LogP contribution < -0.4 is 4.90 Å². The van der Waals surface area contributed by atoms with Crippen molar-refractivity contribution in [2.75, 3.05) is 31.1 Å². The molecule has 3 aromatic rings. The molecule has 1 amide bonds. The highest BCUT2D eigenvalue weighted by atomic mass is 35.5. The number of anilines is 1. The molecule has 7 nitrogen and oxygen atoms in total. The number of carbonyl (C=O) groups is 2. The van der Waals surface area contributed by atoms with Gasteiger partial charge < -0.3 is 14.9 Å². The Balaban J connectivity index is 1.53. The van der Waals surface area contributed by atoms with E-state index in [2.05, 4.69) is 11.1 Å². The van der Waals surface area contributed by atoms with Gasteiger partial charge in [-0.2, -0.15) is 18.4 Å². The van der Waals surface area contributed by atoms with E-state index in [-0.39, 0.29) is 42.5 Å². The molecule has 39 heavy (non-hydrogen) atoms. The van der Waals surface area contributed by atoms with E-state index in [1.165, 1.54) is 18.2 Å². The van der Waals surface area contributed by atoms with Gasteiger partial charge in [0, 0.05) is 55.5 Å². The van der Waals surface area contributed by atoms with Crippen molar-refractivity contribution in [3.05, 3.63) is 82.5 Å². The number of nitrogens with zero attached hydrogens (tertiary/aromatic N) is 4. The lowest BCUT2D eigenvalue weighted by Crippen LogP contribution is -2.59. The molecule has 2 heterocycles. The van der Waals surface area contributed by atoms with E-state index < -0.39 is 23.2 Å². The van der Waals surface area contributed by atoms with E-state index in [0.29, 0.717) is 28.9 Å². The molecule has 11 heteroatoms. The SMILES string of the molecule is CCC(=O)c1ccc(-c2cnc(N3CCN(C(=O)[C@](O)(c4ccccc4)C(F)(F)F)CC3)c(C#N)c2)cc1Cl. The second kappa shape index (κ2) is 11.0. The quantitative estimate of drug-likeness (QED) is 0.431. The zero-order chi connectivity index (χ0) is 28.4. The van der Waals surface area contributed by atoms with Gasteiger partial charge in [0.1, 0.15) is 11.9 Å². The van der Waals surface area contributed by atoms with Crippen molar-refractivity contribution >= 4 is 29.1 Å². The third-order valence-corrected chi connectivity index (χ3v) is 7.00. The van der Waals surface area contributed by atoms with E-state index in [0.717, 1.165) is 17.0 Å². The minimum Gasteiger partial charge on any atom is -0.369 e. The summed E-state index contributed by atoms with van der Waals surface area (Å²) in [6, 6.07) is 14.9. The molecule has 0 aliphatic carbocycles. The molecule has 1 aliphatic rings. The first-order chi connectivity index (χ1) is 18.5. The fourth-order valence-electron chi connectivity index (χ4n) is 4.50. The number of carbonyl (C=O) groups excluding carboxylic acids is 2. The lowest BCUT2D eigenvalue weighted by Gasteiger charge is -2.40. The van der Waals surface area contributed by atoms with Gasteiger partial charge in [-0.05, 0) is 23.8 Å². The number of aromatic nitrogens is 1. The maximum absolute atomic E-state index is 13.9. The summed E-state index contributed by atoms with van der Waals surface area (Å²) in [6.07, 6.45) is -3.37. The van der Waals surface area contributed by atoms with Crippen LogP contribution >= 0.6 is 11.6 Å². The summed E-state index contributed by atoms with van der Waals surface area (Å²) in [7, 11) is 0. The topological polar surface area (TPSA) is 97.5 Å². The number of pyridine rings is 1. The maximum Gasteiger partial charge on any atom is 0.430 e. The van der Waals surface area contributed by atoms with Gasteiger partial charge in [0.15, 0.2) is 5.78 Å². The minimum atomic E-state index is -5.22. The van der Waals surface area contributed by atoms with Crippen LogP contribution in [0.25, 0.3) is 11.1 Å². The molecule has 0 bridgehead atoms. The molecule has 1 saturated heterocycles. The van der Waals surface area contributed by atoms with Crippen molar-refractivity contribution in [3.8, 4) is 17.2 Å². The zero-order valence-corrected chi connectivity index (χ0v) is 21.6. The Morgan fingerprint density at radius 3 is 2.28 bits per heavy atom. The highest BCUT2D eigenvalue weighted by Gasteiger charge is 2.62. The second-order valence-electron chi connectivity index (χ2n) is 9.03. The second-order valence-corrected chi connectivity index (χ2v) is 9.44. The molecule has 1 fully saturated rings. The molecular formula is C28H24ClF3N4O3. The highest BCUT2D eigenvalue weighted by molar-refractivity contribution is 6.34. The van der Waals surface area contributed by atoms with E-state index in [9.17, 15) is 33.1 Å². The number of piperazine rings is 1. The Morgan fingerprint density at radius 1 is 1.05 bits per heavy atom. The summed E-state index contributed by atoms with van der Waals surface area (Å²) in [4.78, 5) is 32.1. The number of amides is 1. The smallest absolute Gasteiger partial charge is 0.369 e. The number of ketones is 1. The average molecular weight is 557 g/mol. The Kier molecular flexibility index (Phi) is 7.95. The molecule has 1 N–H and O–H groups in total. The molecule has 2 aromatic carbocycles. The van der Waals surface area contributed by atoms with Crippen molar-refractivity contribution in [2.45, 2.75) is 25.1 Å². The van der Waals surface area contributed by atoms with Crippen molar-refractivity contribution in [3.63, 3.8) is 0 Å². The van der Waals surface area contributed by atoms with Crippen LogP contribution in [-0.2, 0) is 10.4 Å². The fraction of sp³-hybridized carbons (Fsp3) is 0.286. The van der Waals surface area contributed by atoms with Gasteiger partial charge in [0.25, 0.3) is 11.5 Å². The van der Waals surface area contributed by atoms with Crippen LogP contribution in [0.3, 0.4) is 0 Å². The van der Waals surface area contributed by atoms with Crippen molar-refractivity contribution in [1.82, 2.24) is 9.88 Å². The zero-order valence-electron chi connectivity index (χ0n) is 20.9. The van der Waals surface area contributed by atoms with Crippen LogP contribution in [0.15, 0.2) is 60.8 Å². The summed E-state index contributed by atoms with van der Waals surface area (Å²) < 4.78 is 41.8. The molecule has 0 saturated carbocycles. The van der Waals surface area contributed by atoms with Crippen molar-refractivity contribution < 1.29 is 27.9 Å². The Hall–Kier alpha value is -3.94. The number of alkyl halides is 3. The number of halogens is 4. The predicted octanol–water partition coefficient (Wildman–Crippen LogP) is 4.97. The summed E-state index contributed by atoms with van der Waals surface area (Å²) in [6.45, 7) is 1.73.